The lowest BCUT2D eigenvalue weighted by Gasteiger charge is -2.03. The number of thiophene rings is 2. The van der Waals surface area contributed by atoms with Crippen LogP contribution < -0.4 is 5.56 Å². The highest BCUT2D eigenvalue weighted by atomic mass is 32.1. The van der Waals surface area contributed by atoms with Crippen molar-refractivity contribution < 1.29 is 4.42 Å². The summed E-state index contributed by atoms with van der Waals surface area (Å²) in [6.07, 6.45) is 3.53. The summed E-state index contributed by atoms with van der Waals surface area (Å²) in [5.41, 5.74) is 1.99. The minimum Gasteiger partial charge on any atom is -0.440 e. The first-order valence-electron chi connectivity index (χ1n) is 8.32. The first kappa shape index (κ1) is 16.2. The van der Waals surface area contributed by atoms with E-state index in [2.05, 4.69) is 10.1 Å². The summed E-state index contributed by atoms with van der Waals surface area (Å²) in [6.45, 7) is 2.23. The molecule has 0 unspecified atom stereocenters. The molecule has 0 bridgehead atoms. The minimum absolute atomic E-state index is 0.104. The minimum atomic E-state index is -0.104. The molecule has 8 heteroatoms. The van der Waals surface area contributed by atoms with Gasteiger partial charge in [-0.25, -0.2) is 9.50 Å². The molecule has 0 saturated heterocycles. The number of rotatable bonds is 4. The van der Waals surface area contributed by atoms with Gasteiger partial charge in [-0.2, -0.15) is 5.10 Å². The van der Waals surface area contributed by atoms with Crippen molar-refractivity contribution in [3.05, 3.63) is 75.3 Å². The molecule has 27 heavy (non-hydrogen) atoms. The fraction of sp³-hybridized carbons (Fsp3) is 0.105. The Bertz CT molecular complexity index is 1280. The lowest BCUT2D eigenvalue weighted by atomic mass is 10.3. The van der Waals surface area contributed by atoms with E-state index in [1.165, 1.54) is 0 Å². The molecule has 0 aliphatic heterocycles. The summed E-state index contributed by atoms with van der Waals surface area (Å²) in [5, 5.41) is 8.48. The van der Waals surface area contributed by atoms with Crippen LogP contribution in [0.4, 0.5) is 0 Å². The summed E-state index contributed by atoms with van der Waals surface area (Å²) >= 11 is 3.18. The first-order chi connectivity index (χ1) is 13.2. The first-order valence-corrected chi connectivity index (χ1v) is 10.1. The van der Waals surface area contributed by atoms with Crippen LogP contribution in [0, 0.1) is 6.92 Å². The molecule has 0 saturated carbocycles. The zero-order valence-corrected chi connectivity index (χ0v) is 16.0. The Kier molecular flexibility index (Phi) is 3.80. The van der Waals surface area contributed by atoms with E-state index in [9.17, 15) is 4.79 Å². The third-order valence-electron chi connectivity index (χ3n) is 4.32. The number of nitrogens with zero attached hydrogens (tertiary/aromatic N) is 4. The Hall–Kier alpha value is -2.97. The van der Waals surface area contributed by atoms with Crippen molar-refractivity contribution in [3.63, 3.8) is 0 Å². The van der Waals surface area contributed by atoms with Crippen molar-refractivity contribution >= 4 is 28.2 Å². The maximum atomic E-state index is 12.9. The second-order valence-electron chi connectivity index (χ2n) is 6.07. The van der Waals surface area contributed by atoms with Crippen LogP contribution in [0.1, 0.15) is 11.5 Å². The van der Waals surface area contributed by atoms with Gasteiger partial charge in [0.25, 0.3) is 5.56 Å². The predicted molar refractivity (Wildman–Crippen MR) is 106 cm³/mol. The van der Waals surface area contributed by atoms with Crippen LogP contribution in [0.3, 0.4) is 0 Å². The molecule has 6 nitrogen and oxygen atoms in total. The molecule has 5 heterocycles. The Morgan fingerprint density at radius 3 is 2.63 bits per heavy atom. The van der Waals surface area contributed by atoms with Crippen LogP contribution in [-0.4, -0.2) is 19.2 Å². The number of oxazole rings is 1. The van der Waals surface area contributed by atoms with Crippen molar-refractivity contribution in [1.29, 1.82) is 0 Å². The Labute approximate surface area is 162 Å². The van der Waals surface area contributed by atoms with Crippen molar-refractivity contribution in [3.8, 4) is 21.3 Å². The van der Waals surface area contributed by atoms with Gasteiger partial charge in [-0.05, 0) is 35.9 Å². The monoisotopic (exact) mass is 394 g/mol. The van der Waals surface area contributed by atoms with Gasteiger partial charge < -0.3 is 8.98 Å². The van der Waals surface area contributed by atoms with Crippen LogP contribution in [-0.2, 0) is 6.54 Å². The van der Waals surface area contributed by atoms with Crippen molar-refractivity contribution in [2.45, 2.75) is 13.5 Å². The number of aryl methyl sites for hydroxylation is 1. The van der Waals surface area contributed by atoms with Crippen molar-refractivity contribution in [1.82, 2.24) is 19.2 Å². The molecule has 0 aliphatic carbocycles. The van der Waals surface area contributed by atoms with E-state index in [1.807, 2.05) is 48.0 Å². The second kappa shape index (κ2) is 6.33. The fourth-order valence-electron chi connectivity index (χ4n) is 2.94. The zero-order valence-electron chi connectivity index (χ0n) is 14.3. The molecule has 134 valence electrons. The van der Waals surface area contributed by atoms with Gasteiger partial charge >= 0.3 is 0 Å². The van der Waals surface area contributed by atoms with Crippen LogP contribution in [0.2, 0.25) is 0 Å². The number of fused-ring (bicyclic) bond motifs is 1. The summed E-state index contributed by atoms with van der Waals surface area (Å²) in [7, 11) is 0. The van der Waals surface area contributed by atoms with Crippen LogP contribution in [0.25, 0.3) is 26.9 Å². The lowest BCUT2D eigenvalue weighted by Crippen LogP contribution is -2.22. The molecule has 0 N–H and O–H groups in total. The molecule has 0 spiro atoms. The molecule has 0 aliphatic rings. The molecular formula is C19H14N4O2S2. The smallest absolute Gasteiger partial charge is 0.276 e. The topological polar surface area (TPSA) is 65.3 Å². The normalized spacial score (nSPS) is 11.4. The Morgan fingerprint density at radius 2 is 1.89 bits per heavy atom. The standard InChI is InChI=1S/C19H14N4O2S2/c1-12-14(20-18(25-12)17-5-3-9-27-17)11-22-6-7-23-15(19(22)24)10-13(21-23)16-4-2-8-26-16/h2-10H,11H2,1H3. The van der Waals surface area contributed by atoms with Gasteiger partial charge in [-0.1, -0.05) is 12.1 Å². The maximum absolute atomic E-state index is 12.9. The molecule has 5 aromatic heterocycles. The highest BCUT2D eigenvalue weighted by Crippen LogP contribution is 2.26. The van der Waals surface area contributed by atoms with E-state index in [4.69, 9.17) is 4.42 Å². The highest BCUT2D eigenvalue weighted by molar-refractivity contribution is 7.13. The quantitative estimate of drug-likeness (QED) is 0.456. The molecule has 0 atom stereocenters. The third kappa shape index (κ3) is 2.83. The summed E-state index contributed by atoms with van der Waals surface area (Å²) in [4.78, 5) is 19.5. The van der Waals surface area contributed by atoms with Gasteiger partial charge in [0.05, 0.1) is 16.3 Å². The highest BCUT2D eigenvalue weighted by Gasteiger charge is 2.15. The van der Waals surface area contributed by atoms with Crippen LogP contribution in [0.5, 0.6) is 0 Å². The maximum Gasteiger partial charge on any atom is 0.276 e. The van der Waals surface area contributed by atoms with E-state index >= 15 is 0 Å². The number of aromatic nitrogens is 4. The Morgan fingerprint density at radius 1 is 1.11 bits per heavy atom. The lowest BCUT2D eigenvalue weighted by molar-refractivity contribution is 0.538. The molecule has 0 radical (unpaired) electrons. The fourth-order valence-corrected chi connectivity index (χ4v) is 4.27. The van der Waals surface area contributed by atoms with E-state index in [-0.39, 0.29) is 5.56 Å². The molecular weight excluding hydrogens is 380 g/mol. The van der Waals surface area contributed by atoms with Gasteiger partial charge in [0, 0.05) is 12.4 Å². The molecule has 0 fully saturated rings. The molecule has 5 rings (SSSR count). The van der Waals surface area contributed by atoms with Crippen LogP contribution in [0.15, 0.2) is 62.7 Å². The second-order valence-corrected chi connectivity index (χ2v) is 7.96. The van der Waals surface area contributed by atoms with E-state index in [0.29, 0.717) is 18.0 Å². The molecule has 0 amide bonds. The van der Waals surface area contributed by atoms with Gasteiger partial charge in [0.1, 0.15) is 22.7 Å². The van der Waals surface area contributed by atoms with Gasteiger partial charge in [0.2, 0.25) is 5.89 Å². The summed E-state index contributed by atoms with van der Waals surface area (Å²) in [5.74, 6) is 1.31. The van der Waals surface area contributed by atoms with Gasteiger partial charge in [-0.3, -0.25) is 4.79 Å². The Balaban J connectivity index is 1.52. The number of hydrogen-bond acceptors (Lipinski definition) is 6. The van der Waals surface area contributed by atoms with E-state index in [1.54, 1.807) is 44.1 Å². The van der Waals surface area contributed by atoms with E-state index in [0.717, 1.165) is 26.9 Å². The predicted octanol–water partition coefficient (Wildman–Crippen LogP) is 4.30. The van der Waals surface area contributed by atoms with Gasteiger partial charge in [-0.15, -0.1) is 22.7 Å². The zero-order chi connectivity index (χ0) is 18.4. The van der Waals surface area contributed by atoms with Crippen LogP contribution >= 0.6 is 22.7 Å². The van der Waals surface area contributed by atoms with Crippen molar-refractivity contribution in [2.24, 2.45) is 0 Å². The van der Waals surface area contributed by atoms with E-state index < -0.39 is 0 Å². The summed E-state index contributed by atoms with van der Waals surface area (Å²) in [6, 6.07) is 9.73. The SMILES string of the molecule is Cc1oc(-c2cccs2)nc1Cn1ccn2nc(-c3cccs3)cc2c1=O. The summed E-state index contributed by atoms with van der Waals surface area (Å²) < 4.78 is 9.04. The average Bonchev–Trinajstić information content (AvgIpc) is 3.44. The number of hydrogen-bond donors (Lipinski definition) is 0. The largest absolute Gasteiger partial charge is 0.440 e. The van der Waals surface area contributed by atoms with Gasteiger partial charge in [0.15, 0.2) is 0 Å². The molecule has 5 aromatic rings. The third-order valence-corrected chi connectivity index (χ3v) is 6.07. The average molecular weight is 394 g/mol. The molecule has 0 aromatic carbocycles. The van der Waals surface area contributed by atoms with Crippen molar-refractivity contribution in [2.75, 3.05) is 0 Å².